The molecular formula is C14H21N3O2. The lowest BCUT2D eigenvalue weighted by Crippen LogP contribution is -2.46. The van der Waals surface area contributed by atoms with Gasteiger partial charge in [0.05, 0.1) is 18.7 Å². The van der Waals surface area contributed by atoms with E-state index in [1.807, 2.05) is 13.8 Å². The van der Waals surface area contributed by atoms with Crippen molar-refractivity contribution in [3.63, 3.8) is 0 Å². The van der Waals surface area contributed by atoms with Crippen LogP contribution in [0.25, 0.3) is 0 Å². The van der Waals surface area contributed by atoms with E-state index in [1.165, 1.54) is 4.90 Å². The van der Waals surface area contributed by atoms with E-state index in [0.717, 1.165) is 0 Å². The molecule has 1 aliphatic rings. The summed E-state index contributed by atoms with van der Waals surface area (Å²) in [5, 5.41) is 21.2. The smallest absolute Gasteiger partial charge is 0.238 e. The summed E-state index contributed by atoms with van der Waals surface area (Å²) < 4.78 is 0. The maximum atomic E-state index is 12.1. The van der Waals surface area contributed by atoms with Gasteiger partial charge in [-0.05, 0) is 12.8 Å². The maximum Gasteiger partial charge on any atom is 0.238 e. The van der Waals surface area contributed by atoms with Crippen molar-refractivity contribution >= 4 is 5.91 Å². The zero-order valence-corrected chi connectivity index (χ0v) is 11.5. The molecule has 0 aromatic rings. The van der Waals surface area contributed by atoms with Crippen molar-refractivity contribution in [3.8, 4) is 18.4 Å². The van der Waals surface area contributed by atoms with E-state index in [2.05, 4.69) is 17.3 Å². The van der Waals surface area contributed by atoms with Gasteiger partial charge in [0.15, 0.2) is 0 Å². The van der Waals surface area contributed by atoms with Crippen LogP contribution < -0.4 is 5.32 Å². The molecule has 1 saturated heterocycles. The number of nitrogens with zero attached hydrogens (tertiary/aromatic N) is 2. The Kier molecular flexibility index (Phi) is 5.35. The Hall–Kier alpha value is -1.56. The first kappa shape index (κ1) is 15.5. The summed E-state index contributed by atoms with van der Waals surface area (Å²) in [6.07, 6.45) is 6.71. The van der Waals surface area contributed by atoms with Crippen molar-refractivity contribution in [2.45, 2.75) is 38.8 Å². The third kappa shape index (κ3) is 3.96. The highest BCUT2D eigenvalue weighted by Crippen LogP contribution is 2.23. The van der Waals surface area contributed by atoms with Gasteiger partial charge in [0.25, 0.3) is 0 Å². The Bertz CT molecular complexity index is 384. The minimum absolute atomic E-state index is 0.0473. The number of aliphatic hydroxyl groups is 1. The molecule has 19 heavy (non-hydrogen) atoms. The fraction of sp³-hybridized carbons (Fsp3) is 0.714. The summed E-state index contributed by atoms with van der Waals surface area (Å²) >= 11 is 0. The van der Waals surface area contributed by atoms with Crippen LogP contribution in [0.1, 0.15) is 26.7 Å². The number of nitrogens with one attached hydrogen (secondary N) is 1. The van der Waals surface area contributed by atoms with Gasteiger partial charge in [-0.3, -0.25) is 4.79 Å². The van der Waals surface area contributed by atoms with Gasteiger partial charge < -0.3 is 15.3 Å². The first-order valence-electron chi connectivity index (χ1n) is 6.43. The van der Waals surface area contributed by atoms with Crippen molar-refractivity contribution in [2.75, 3.05) is 19.7 Å². The first-order valence-corrected chi connectivity index (χ1v) is 6.43. The predicted octanol–water partition coefficient (Wildman–Crippen LogP) is 0.111. The molecule has 104 valence electrons. The molecule has 5 nitrogen and oxygen atoms in total. The highest BCUT2D eigenvalue weighted by atomic mass is 16.3. The molecule has 0 radical (unpaired) electrons. The van der Waals surface area contributed by atoms with Gasteiger partial charge in [-0.2, -0.15) is 5.26 Å². The zero-order chi connectivity index (χ0) is 14.5. The zero-order valence-electron chi connectivity index (χ0n) is 11.5. The second-order valence-corrected chi connectivity index (χ2v) is 5.63. The molecule has 5 heteroatoms. The number of terminal acetylenes is 1. The number of nitriles is 1. The Morgan fingerprint density at radius 1 is 1.53 bits per heavy atom. The second-order valence-electron chi connectivity index (χ2n) is 5.63. The predicted molar refractivity (Wildman–Crippen MR) is 71.8 cm³/mol. The minimum atomic E-state index is -0.416. The molecule has 0 spiro atoms. The summed E-state index contributed by atoms with van der Waals surface area (Å²) in [6, 6.07) is 1.43. The summed E-state index contributed by atoms with van der Waals surface area (Å²) in [5.74, 6) is 2.41. The summed E-state index contributed by atoms with van der Waals surface area (Å²) in [5.41, 5.74) is -0.272. The first-order chi connectivity index (χ1) is 8.95. The maximum absolute atomic E-state index is 12.1. The van der Waals surface area contributed by atoms with Gasteiger partial charge in [0.1, 0.15) is 6.04 Å². The van der Waals surface area contributed by atoms with E-state index < -0.39 is 6.04 Å². The fourth-order valence-corrected chi connectivity index (χ4v) is 2.10. The van der Waals surface area contributed by atoms with Crippen LogP contribution in [-0.2, 0) is 4.79 Å². The van der Waals surface area contributed by atoms with Crippen molar-refractivity contribution in [1.82, 2.24) is 10.2 Å². The van der Waals surface area contributed by atoms with Gasteiger partial charge in [0, 0.05) is 18.6 Å². The monoisotopic (exact) mass is 263 g/mol. The van der Waals surface area contributed by atoms with E-state index in [9.17, 15) is 4.79 Å². The van der Waals surface area contributed by atoms with Crippen LogP contribution in [0.15, 0.2) is 0 Å². The lowest BCUT2D eigenvalue weighted by atomic mass is 9.95. The number of carbonyl (C=O) groups excluding carboxylic acids is 1. The Balaban J connectivity index is 2.53. The van der Waals surface area contributed by atoms with Gasteiger partial charge in [0.2, 0.25) is 5.91 Å². The molecule has 1 amide bonds. The van der Waals surface area contributed by atoms with Crippen LogP contribution in [0.5, 0.6) is 0 Å². The van der Waals surface area contributed by atoms with Crippen molar-refractivity contribution in [1.29, 1.82) is 5.26 Å². The Morgan fingerprint density at radius 2 is 2.16 bits per heavy atom. The normalized spacial score (nSPS) is 22.9. The van der Waals surface area contributed by atoms with Gasteiger partial charge in [-0.1, -0.05) is 19.8 Å². The summed E-state index contributed by atoms with van der Waals surface area (Å²) in [4.78, 5) is 13.6. The molecule has 1 aliphatic heterocycles. The topological polar surface area (TPSA) is 76.4 Å². The SMILES string of the molecule is C#C[C@H]1CC[C@@H](C#N)N1C(=O)CNCC(C)(C)CO. The lowest BCUT2D eigenvalue weighted by Gasteiger charge is -2.26. The highest BCUT2D eigenvalue weighted by Gasteiger charge is 2.35. The van der Waals surface area contributed by atoms with Crippen molar-refractivity contribution < 1.29 is 9.90 Å². The lowest BCUT2D eigenvalue weighted by molar-refractivity contribution is -0.131. The molecule has 0 aromatic heterocycles. The molecule has 0 aliphatic carbocycles. The van der Waals surface area contributed by atoms with Gasteiger partial charge in [-0.15, -0.1) is 6.42 Å². The average Bonchev–Trinajstić information content (AvgIpc) is 2.81. The molecule has 2 N–H and O–H groups in total. The molecule has 1 fully saturated rings. The van der Waals surface area contributed by atoms with Crippen LogP contribution in [0.3, 0.4) is 0 Å². The number of hydrogen-bond acceptors (Lipinski definition) is 4. The van der Waals surface area contributed by atoms with Crippen molar-refractivity contribution in [3.05, 3.63) is 0 Å². The van der Waals surface area contributed by atoms with Gasteiger partial charge >= 0.3 is 0 Å². The van der Waals surface area contributed by atoms with E-state index in [0.29, 0.717) is 19.4 Å². The molecule has 1 rings (SSSR count). The largest absolute Gasteiger partial charge is 0.396 e. The molecule has 0 aromatic carbocycles. The van der Waals surface area contributed by atoms with E-state index in [1.54, 1.807) is 0 Å². The average molecular weight is 263 g/mol. The van der Waals surface area contributed by atoms with E-state index in [4.69, 9.17) is 16.8 Å². The minimum Gasteiger partial charge on any atom is -0.396 e. The van der Waals surface area contributed by atoms with Crippen LogP contribution in [0.2, 0.25) is 0 Å². The molecule has 0 unspecified atom stereocenters. The molecule has 1 heterocycles. The number of aliphatic hydroxyl groups excluding tert-OH is 1. The Morgan fingerprint density at radius 3 is 2.68 bits per heavy atom. The standard InChI is InChI=1S/C14H21N3O2/c1-4-11-5-6-12(7-15)17(11)13(19)8-16-9-14(2,3)10-18/h1,11-12,16,18H,5-6,8-10H2,2-3H3/t11-,12-/m0/s1. The molecule has 0 saturated carbocycles. The molecule has 2 atom stereocenters. The van der Waals surface area contributed by atoms with Crippen LogP contribution in [-0.4, -0.2) is 47.7 Å². The van der Waals surface area contributed by atoms with E-state index in [-0.39, 0.29) is 30.5 Å². The highest BCUT2D eigenvalue weighted by molar-refractivity contribution is 5.80. The third-order valence-electron chi connectivity index (χ3n) is 3.32. The van der Waals surface area contributed by atoms with Crippen LogP contribution in [0.4, 0.5) is 0 Å². The molecular weight excluding hydrogens is 242 g/mol. The Labute approximate surface area is 114 Å². The summed E-state index contributed by atoms with van der Waals surface area (Å²) in [6.45, 7) is 4.53. The van der Waals surface area contributed by atoms with Crippen molar-refractivity contribution in [2.24, 2.45) is 5.41 Å². The van der Waals surface area contributed by atoms with Crippen LogP contribution >= 0.6 is 0 Å². The molecule has 0 bridgehead atoms. The van der Waals surface area contributed by atoms with Crippen LogP contribution in [0, 0.1) is 29.1 Å². The number of carbonyl (C=O) groups is 1. The quantitative estimate of drug-likeness (QED) is 0.690. The number of amides is 1. The van der Waals surface area contributed by atoms with Gasteiger partial charge in [-0.25, -0.2) is 0 Å². The fourth-order valence-electron chi connectivity index (χ4n) is 2.10. The van der Waals surface area contributed by atoms with E-state index >= 15 is 0 Å². The number of hydrogen-bond donors (Lipinski definition) is 2. The number of likely N-dealkylation sites (tertiary alicyclic amines) is 1. The third-order valence-corrected chi connectivity index (χ3v) is 3.32. The second kappa shape index (κ2) is 6.56. The summed E-state index contributed by atoms with van der Waals surface area (Å²) in [7, 11) is 0. The number of rotatable bonds is 5.